The molecule has 0 fully saturated rings. The van der Waals surface area contributed by atoms with Crippen LogP contribution < -0.4 is 14.2 Å². The Morgan fingerprint density at radius 1 is 0.152 bits per heavy atom. The minimum absolute atomic E-state index is 0.593. The fourth-order valence-corrected chi connectivity index (χ4v) is 23.8. The normalized spacial score (nSPS) is 12.0. The van der Waals surface area contributed by atoms with E-state index in [1.54, 1.807) is 0 Å². The van der Waals surface area contributed by atoms with E-state index in [4.69, 9.17) is 14.2 Å². The topological polar surface area (TPSA) is 112 Å². The molecule has 4 heterocycles. The van der Waals surface area contributed by atoms with E-state index < -0.39 is 0 Å². The van der Waals surface area contributed by atoms with Crippen molar-refractivity contribution >= 4 is 140 Å². The van der Waals surface area contributed by atoms with Crippen molar-refractivity contribution in [2.75, 3.05) is 0 Å². The van der Waals surface area contributed by atoms with E-state index >= 15 is 0 Å². The van der Waals surface area contributed by atoms with Crippen molar-refractivity contribution in [3.05, 3.63) is 478 Å². The summed E-state index contributed by atoms with van der Waals surface area (Å²) in [5.74, 6) is 4.64. The molecule has 0 spiro atoms. The van der Waals surface area contributed by atoms with E-state index in [-0.39, 0.29) is 0 Å². The minimum atomic E-state index is 0.593. The Kier molecular flexibility index (Phi) is 18.5. The lowest BCUT2D eigenvalue weighted by Crippen LogP contribution is -1.98. The molecular weight excluding hydrogens is 1760 g/mol. The van der Waals surface area contributed by atoms with Crippen molar-refractivity contribution < 1.29 is 14.2 Å². The molecule has 0 saturated carbocycles. The molecule has 31 rings (SSSR count). The van der Waals surface area contributed by atoms with Crippen molar-refractivity contribution in [1.82, 2.24) is 4.98 Å². The fraction of sp³-hybridized carbons (Fsp3) is 0. The Hall–Kier alpha value is -19.9. The zero-order valence-electron chi connectivity index (χ0n) is 77.9. The third-order valence-corrected chi connectivity index (χ3v) is 30.5. The van der Waals surface area contributed by atoms with Gasteiger partial charge in [0.2, 0.25) is 0 Å². The molecule has 1 aromatic heterocycles. The lowest BCUT2D eigenvalue weighted by molar-refractivity contribution is 0.486. The largest absolute Gasteiger partial charge is 0.456 e. The number of hydrogen-bond donors (Lipinski definition) is 0. The van der Waals surface area contributed by atoms with Gasteiger partial charge in [-0.25, -0.2) is 0 Å². The van der Waals surface area contributed by atoms with E-state index in [9.17, 15) is 15.8 Å². The van der Waals surface area contributed by atoms with E-state index in [0.29, 0.717) is 16.7 Å². The summed E-state index contributed by atoms with van der Waals surface area (Å²) in [7, 11) is 0. The number of aromatic nitrogens is 1. The molecular formula is C138H76N4O3. The lowest BCUT2D eigenvalue weighted by Gasteiger charge is -2.22. The van der Waals surface area contributed by atoms with Crippen LogP contribution in [-0.2, 0) is 0 Å². The van der Waals surface area contributed by atoms with Crippen LogP contribution in [0.1, 0.15) is 16.7 Å². The molecule has 7 heteroatoms. The first-order valence-electron chi connectivity index (χ1n) is 49.0. The highest BCUT2D eigenvalue weighted by Gasteiger charge is 2.29. The molecule has 0 unspecified atom stereocenters. The van der Waals surface area contributed by atoms with Crippen LogP contribution in [0.25, 0.3) is 274 Å². The smallest absolute Gasteiger partial charge is 0.136 e. The van der Waals surface area contributed by atoms with E-state index in [1.165, 1.54) is 174 Å². The number of fused-ring (bicyclic) bond motifs is 7. The van der Waals surface area contributed by atoms with Crippen LogP contribution >= 0.6 is 0 Å². The number of benzene rings is 27. The van der Waals surface area contributed by atoms with Crippen LogP contribution in [0.2, 0.25) is 0 Å². The first-order valence-corrected chi connectivity index (χ1v) is 49.0. The Balaban J connectivity index is 0.000000103. The van der Waals surface area contributed by atoms with Crippen LogP contribution in [0.5, 0.6) is 34.5 Å². The van der Waals surface area contributed by atoms with Crippen molar-refractivity contribution in [2.24, 2.45) is 0 Å². The summed E-state index contributed by atoms with van der Waals surface area (Å²) in [5, 5.41) is 60.6. The molecule has 145 heavy (non-hydrogen) atoms. The van der Waals surface area contributed by atoms with Gasteiger partial charge in [0.25, 0.3) is 0 Å². The fourth-order valence-electron chi connectivity index (χ4n) is 23.8. The number of pyridine rings is 1. The number of ether oxygens (including phenoxy) is 3. The van der Waals surface area contributed by atoms with Crippen LogP contribution in [0.4, 0.5) is 0 Å². The van der Waals surface area contributed by atoms with Gasteiger partial charge in [-0.3, -0.25) is 4.98 Å². The predicted molar refractivity (Wildman–Crippen MR) is 598 cm³/mol. The van der Waals surface area contributed by atoms with E-state index in [1.807, 2.05) is 103 Å². The third kappa shape index (κ3) is 13.0. The van der Waals surface area contributed by atoms with Crippen molar-refractivity contribution in [1.29, 1.82) is 15.8 Å². The van der Waals surface area contributed by atoms with Gasteiger partial charge < -0.3 is 14.2 Å². The lowest BCUT2D eigenvalue weighted by atomic mass is 9.86. The van der Waals surface area contributed by atoms with Gasteiger partial charge in [0.1, 0.15) is 34.5 Å². The second kappa shape index (κ2) is 32.6. The van der Waals surface area contributed by atoms with Crippen molar-refractivity contribution in [2.45, 2.75) is 0 Å². The molecule has 0 bridgehead atoms. The number of nitriles is 3. The summed E-state index contributed by atoms with van der Waals surface area (Å²) < 4.78 is 19.0. The van der Waals surface area contributed by atoms with Gasteiger partial charge in [-0.05, 0) is 315 Å². The minimum Gasteiger partial charge on any atom is -0.456 e. The second-order valence-electron chi connectivity index (χ2n) is 38.1. The van der Waals surface area contributed by atoms with Crippen LogP contribution in [0.3, 0.4) is 0 Å². The number of nitrogens with zero attached hydrogens (tertiary/aromatic N) is 4. The van der Waals surface area contributed by atoms with Gasteiger partial charge in [-0.2, -0.15) is 15.8 Å². The quantitative estimate of drug-likeness (QED) is 0.132. The van der Waals surface area contributed by atoms with Crippen LogP contribution in [0, 0.1) is 34.0 Å². The molecule has 3 aliphatic rings. The van der Waals surface area contributed by atoms with Gasteiger partial charge in [0.05, 0.1) is 40.6 Å². The standard InChI is InChI=1S/C49H27NO.C45H25NO.C44H24N2O/c50-28-29-11-20-40-44-26-25-37(41-9-4-10-45(49(41)44)51-46(40)27-29)32-14-12-31(13-15-32)36-21-16-33-19-24-43-39(22-17-34-18-23-42(36)47(33)48(34)43)38-8-3-6-30-5-1-2-7-35(30)38;46-26-27-9-18-36-40-24-23-35(37-7-4-8-41(45(37)40)47-42(36)25-27)30-12-10-29(11-13-30)34-20-15-32-16-21-38-33(28-5-2-1-3-6-28)19-14-31-17-22-39(34)44(32)43(31)38;45-25-26-7-16-34-38-22-21-32(35-4-3-6-40(44(35)38)47-41(34)24-26)28-10-8-27(9-11-28)31-17-12-29-15-20-37-33(39-5-1-2-23-46-39)18-13-30-14-19-36(31)42(29)43(30)37/h1-27H;1-25H;1-24H. The molecule has 0 saturated heterocycles. The third-order valence-electron chi connectivity index (χ3n) is 30.5. The summed E-state index contributed by atoms with van der Waals surface area (Å²) in [6.07, 6.45) is 1.86. The van der Waals surface area contributed by atoms with Gasteiger partial charge in [0.15, 0.2) is 0 Å². The molecule has 0 amide bonds. The number of hydrogen-bond acceptors (Lipinski definition) is 7. The van der Waals surface area contributed by atoms with Crippen molar-refractivity contribution in [3.8, 4) is 186 Å². The maximum absolute atomic E-state index is 9.43. The average Bonchev–Trinajstić information content (AvgIpc) is 0.745. The highest BCUT2D eigenvalue weighted by atomic mass is 16.5. The Labute approximate surface area is 833 Å². The maximum Gasteiger partial charge on any atom is 0.136 e. The monoisotopic (exact) mass is 1840 g/mol. The first-order chi connectivity index (χ1) is 71.7. The summed E-state index contributed by atoms with van der Waals surface area (Å²) >= 11 is 0. The summed E-state index contributed by atoms with van der Waals surface area (Å²) in [5.41, 5.74) is 29.6. The van der Waals surface area contributed by atoms with Crippen LogP contribution in [0.15, 0.2) is 461 Å². The zero-order chi connectivity index (χ0) is 95.8. The molecule has 0 N–H and O–H groups in total. The zero-order valence-corrected chi connectivity index (χ0v) is 77.9. The molecule has 0 radical (unpaired) electrons. The molecule has 0 atom stereocenters. The molecule has 3 aliphatic heterocycles. The predicted octanol–water partition coefficient (Wildman–Crippen LogP) is 37.7. The molecule has 27 aromatic carbocycles. The average molecular weight is 1840 g/mol. The van der Waals surface area contributed by atoms with E-state index in [2.05, 4.69) is 381 Å². The Morgan fingerprint density at radius 3 is 0.745 bits per heavy atom. The van der Waals surface area contributed by atoms with Crippen molar-refractivity contribution in [3.63, 3.8) is 0 Å². The van der Waals surface area contributed by atoms with Gasteiger partial charge in [-0.1, -0.05) is 370 Å². The molecule has 666 valence electrons. The maximum atomic E-state index is 9.43. The summed E-state index contributed by atoms with van der Waals surface area (Å²) in [4.78, 5) is 4.67. The Morgan fingerprint density at radius 2 is 0.400 bits per heavy atom. The second-order valence-corrected chi connectivity index (χ2v) is 38.1. The Bertz CT molecular complexity index is 10100. The van der Waals surface area contributed by atoms with Gasteiger partial charge in [0, 0.05) is 44.6 Å². The van der Waals surface area contributed by atoms with Gasteiger partial charge in [-0.15, -0.1) is 0 Å². The molecule has 0 aliphatic carbocycles. The summed E-state index contributed by atoms with van der Waals surface area (Å²) in [6, 6.07) is 169. The highest BCUT2D eigenvalue weighted by Crippen LogP contribution is 2.56. The summed E-state index contributed by atoms with van der Waals surface area (Å²) in [6.45, 7) is 0. The van der Waals surface area contributed by atoms with Gasteiger partial charge >= 0.3 is 0 Å². The highest BCUT2D eigenvalue weighted by molar-refractivity contribution is 6.32. The molecule has 7 nitrogen and oxygen atoms in total. The first kappa shape index (κ1) is 82.2. The SMILES string of the molecule is N#Cc1ccc2c(c1)Oc1cccc3c(-c4ccc(-c5ccc6ccc7c(-c8cccc9ccccc89)ccc8ccc5c6c87)cc4)ccc-2c13.N#Cc1ccc2c(c1)Oc1cccc3c(-c4ccc(-c5ccc6ccc7c(-c8ccccc8)ccc8ccc5c6c87)cc4)ccc-2c13.N#Cc1ccc2c(c1)Oc1cccc3c(-c4ccc(-c5ccc6ccc7c(-c8ccccn8)ccc8ccc5c6c87)cc4)ccc-2c13. The molecule has 28 aromatic rings. The van der Waals surface area contributed by atoms with Crippen LogP contribution in [-0.4, -0.2) is 4.98 Å². The van der Waals surface area contributed by atoms with E-state index in [0.717, 1.165) is 134 Å². The number of rotatable bonds is 9.